The minimum absolute atomic E-state index is 0.102. The first-order valence-electron chi connectivity index (χ1n) is 5.88. The summed E-state index contributed by atoms with van der Waals surface area (Å²) in [7, 11) is 2.17. The van der Waals surface area contributed by atoms with Crippen LogP contribution in [0, 0.1) is 0 Å². The Kier molecular flexibility index (Phi) is 3.42. The Labute approximate surface area is 86.5 Å². The lowest BCUT2D eigenvalue weighted by molar-refractivity contribution is 0.0854. The van der Waals surface area contributed by atoms with Gasteiger partial charge in [0.25, 0.3) is 0 Å². The third-order valence-corrected chi connectivity index (χ3v) is 3.57. The lowest BCUT2D eigenvalue weighted by atomic mass is 9.92. The summed E-state index contributed by atoms with van der Waals surface area (Å²) in [4.78, 5) is 2.35. The van der Waals surface area contributed by atoms with Gasteiger partial charge in [-0.05, 0) is 32.9 Å². The van der Waals surface area contributed by atoms with Crippen molar-refractivity contribution in [1.29, 1.82) is 0 Å². The molecule has 1 saturated heterocycles. The maximum Gasteiger partial charge on any atom is 0.0693 e. The molecule has 0 bridgehead atoms. The van der Waals surface area contributed by atoms with Crippen molar-refractivity contribution in [2.45, 2.75) is 50.3 Å². The maximum absolute atomic E-state index is 9.82. The topological polar surface area (TPSA) is 35.5 Å². The molecule has 3 nitrogen and oxygen atoms in total. The van der Waals surface area contributed by atoms with Gasteiger partial charge >= 0.3 is 0 Å². The summed E-state index contributed by atoms with van der Waals surface area (Å²) in [5, 5.41) is 13.4. The normalized spacial score (nSPS) is 40.3. The van der Waals surface area contributed by atoms with Crippen LogP contribution in [0.2, 0.25) is 0 Å². The van der Waals surface area contributed by atoms with Crippen molar-refractivity contribution in [3.8, 4) is 0 Å². The molecule has 1 heterocycles. The van der Waals surface area contributed by atoms with Crippen molar-refractivity contribution in [3.05, 3.63) is 0 Å². The van der Waals surface area contributed by atoms with E-state index in [4.69, 9.17) is 0 Å². The molecule has 0 aromatic heterocycles. The van der Waals surface area contributed by atoms with Crippen LogP contribution in [0.3, 0.4) is 0 Å². The summed E-state index contributed by atoms with van der Waals surface area (Å²) in [6.45, 7) is 2.34. The van der Waals surface area contributed by atoms with Crippen molar-refractivity contribution in [2.75, 3.05) is 20.1 Å². The molecule has 2 rings (SSSR count). The number of likely N-dealkylation sites (tertiary alicyclic amines) is 1. The van der Waals surface area contributed by atoms with E-state index in [1.807, 2.05) is 0 Å². The molecule has 1 aliphatic carbocycles. The third kappa shape index (κ3) is 2.47. The maximum atomic E-state index is 9.82. The zero-order valence-electron chi connectivity index (χ0n) is 9.08. The molecule has 1 saturated carbocycles. The third-order valence-electron chi connectivity index (χ3n) is 3.57. The Balaban J connectivity index is 1.78. The van der Waals surface area contributed by atoms with Gasteiger partial charge in [-0.15, -0.1) is 0 Å². The summed E-state index contributed by atoms with van der Waals surface area (Å²) in [6.07, 6.45) is 5.75. The molecular weight excluding hydrogens is 176 g/mol. The van der Waals surface area contributed by atoms with Gasteiger partial charge in [0.05, 0.1) is 6.10 Å². The average molecular weight is 198 g/mol. The number of aliphatic hydroxyl groups is 1. The number of hydrogen-bond donors (Lipinski definition) is 2. The molecule has 3 heteroatoms. The molecule has 0 radical (unpaired) electrons. The van der Waals surface area contributed by atoms with E-state index in [1.54, 1.807) is 0 Å². The monoisotopic (exact) mass is 198 g/mol. The van der Waals surface area contributed by atoms with E-state index in [0.717, 1.165) is 19.4 Å². The highest BCUT2D eigenvalue weighted by Gasteiger charge is 2.27. The van der Waals surface area contributed by atoms with Gasteiger partial charge in [-0.3, -0.25) is 0 Å². The van der Waals surface area contributed by atoms with E-state index in [1.165, 1.54) is 25.8 Å². The second kappa shape index (κ2) is 4.60. The van der Waals surface area contributed by atoms with Gasteiger partial charge < -0.3 is 15.3 Å². The van der Waals surface area contributed by atoms with E-state index in [2.05, 4.69) is 17.3 Å². The molecule has 1 aliphatic heterocycles. The molecular formula is C11H22N2O. The Bertz CT molecular complexity index is 186. The van der Waals surface area contributed by atoms with E-state index in [0.29, 0.717) is 12.1 Å². The Morgan fingerprint density at radius 1 is 1.21 bits per heavy atom. The van der Waals surface area contributed by atoms with Crippen LogP contribution in [0.4, 0.5) is 0 Å². The van der Waals surface area contributed by atoms with E-state index >= 15 is 0 Å². The number of nitrogens with zero attached hydrogens (tertiary/aromatic N) is 1. The summed E-state index contributed by atoms with van der Waals surface area (Å²) in [5.74, 6) is 0. The summed E-state index contributed by atoms with van der Waals surface area (Å²) < 4.78 is 0. The van der Waals surface area contributed by atoms with Gasteiger partial charge in [0.2, 0.25) is 0 Å². The lowest BCUT2D eigenvalue weighted by Crippen LogP contribution is -2.47. The van der Waals surface area contributed by atoms with Gasteiger partial charge in [0.15, 0.2) is 0 Å². The number of hydrogen-bond acceptors (Lipinski definition) is 3. The highest BCUT2D eigenvalue weighted by atomic mass is 16.3. The lowest BCUT2D eigenvalue weighted by Gasteiger charge is -2.31. The zero-order chi connectivity index (χ0) is 9.97. The first-order chi connectivity index (χ1) is 6.75. The van der Waals surface area contributed by atoms with Crippen LogP contribution in [-0.2, 0) is 0 Å². The van der Waals surface area contributed by atoms with E-state index in [9.17, 15) is 5.11 Å². The zero-order valence-corrected chi connectivity index (χ0v) is 9.08. The molecule has 14 heavy (non-hydrogen) atoms. The molecule has 2 N–H and O–H groups in total. The molecule has 1 unspecified atom stereocenters. The van der Waals surface area contributed by atoms with Crippen molar-refractivity contribution < 1.29 is 5.11 Å². The minimum atomic E-state index is -0.102. The quantitative estimate of drug-likeness (QED) is 0.681. The van der Waals surface area contributed by atoms with Gasteiger partial charge in [-0.1, -0.05) is 12.8 Å². The Hall–Kier alpha value is -0.120. The summed E-state index contributed by atoms with van der Waals surface area (Å²) >= 11 is 0. The van der Waals surface area contributed by atoms with Gasteiger partial charge in [0, 0.05) is 18.6 Å². The SMILES string of the molecule is CN1CCC(N[C@@H]2CCCC[C@H]2O)C1. The van der Waals surface area contributed by atoms with Crippen molar-refractivity contribution >= 4 is 0 Å². The van der Waals surface area contributed by atoms with Gasteiger partial charge in [-0.25, -0.2) is 0 Å². The second-order valence-electron chi connectivity index (χ2n) is 4.87. The summed E-state index contributed by atoms with van der Waals surface area (Å²) in [5.41, 5.74) is 0. The average Bonchev–Trinajstić information content (AvgIpc) is 2.56. The fraction of sp³-hybridized carbons (Fsp3) is 1.00. The Morgan fingerprint density at radius 2 is 2.00 bits per heavy atom. The molecule has 0 amide bonds. The van der Waals surface area contributed by atoms with Crippen LogP contribution in [0.25, 0.3) is 0 Å². The molecule has 0 spiro atoms. The molecule has 0 aromatic carbocycles. The molecule has 0 aromatic rings. The molecule has 3 atom stereocenters. The van der Waals surface area contributed by atoms with Crippen LogP contribution in [0.5, 0.6) is 0 Å². The fourth-order valence-electron chi connectivity index (χ4n) is 2.68. The predicted octanol–water partition coefficient (Wildman–Crippen LogP) is 0.584. The number of rotatable bonds is 2. The summed E-state index contributed by atoms with van der Waals surface area (Å²) in [6, 6.07) is 0.970. The van der Waals surface area contributed by atoms with Crippen molar-refractivity contribution in [3.63, 3.8) is 0 Å². The van der Waals surface area contributed by atoms with Gasteiger partial charge in [-0.2, -0.15) is 0 Å². The Morgan fingerprint density at radius 3 is 2.64 bits per heavy atom. The van der Waals surface area contributed by atoms with Crippen LogP contribution in [-0.4, -0.2) is 48.3 Å². The van der Waals surface area contributed by atoms with Crippen LogP contribution in [0.15, 0.2) is 0 Å². The van der Waals surface area contributed by atoms with Crippen LogP contribution < -0.4 is 5.32 Å². The fourth-order valence-corrected chi connectivity index (χ4v) is 2.68. The minimum Gasteiger partial charge on any atom is -0.392 e. The predicted molar refractivity (Wildman–Crippen MR) is 57.3 cm³/mol. The van der Waals surface area contributed by atoms with Gasteiger partial charge in [0.1, 0.15) is 0 Å². The first-order valence-corrected chi connectivity index (χ1v) is 5.88. The van der Waals surface area contributed by atoms with Crippen molar-refractivity contribution in [2.24, 2.45) is 0 Å². The molecule has 82 valence electrons. The van der Waals surface area contributed by atoms with E-state index < -0.39 is 0 Å². The number of likely N-dealkylation sites (N-methyl/N-ethyl adjacent to an activating group) is 1. The van der Waals surface area contributed by atoms with Crippen LogP contribution in [0.1, 0.15) is 32.1 Å². The van der Waals surface area contributed by atoms with Crippen LogP contribution >= 0.6 is 0 Å². The number of aliphatic hydroxyl groups excluding tert-OH is 1. The smallest absolute Gasteiger partial charge is 0.0693 e. The highest BCUT2D eigenvalue weighted by Crippen LogP contribution is 2.20. The largest absolute Gasteiger partial charge is 0.392 e. The number of nitrogens with one attached hydrogen (secondary N) is 1. The second-order valence-corrected chi connectivity index (χ2v) is 4.87. The highest BCUT2D eigenvalue weighted by molar-refractivity contribution is 4.87. The van der Waals surface area contributed by atoms with E-state index in [-0.39, 0.29) is 6.10 Å². The standard InChI is InChI=1S/C11H22N2O/c1-13-7-6-9(8-13)12-10-4-2-3-5-11(10)14/h9-12,14H,2-8H2,1H3/t9?,10-,11-/m1/s1. The molecule has 2 fully saturated rings. The van der Waals surface area contributed by atoms with Crippen molar-refractivity contribution in [1.82, 2.24) is 10.2 Å². The molecule has 2 aliphatic rings. The first kappa shape index (κ1) is 10.4.